The second-order valence-electron chi connectivity index (χ2n) is 5.44. The lowest BCUT2D eigenvalue weighted by Crippen LogP contribution is -2.07. The minimum atomic E-state index is 0.0815. The molecule has 0 radical (unpaired) electrons. The van der Waals surface area contributed by atoms with Crippen LogP contribution in [0.4, 0.5) is 5.69 Å². The van der Waals surface area contributed by atoms with E-state index in [2.05, 4.69) is 17.3 Å². The van der Waals surface area contributed by atoms with Gasteiger partial charge in [0.1, 0.15) is 5.75 Å². The lowest BCUT2D eigenvalue weighted by Gasteiger charge is -2.13. The number of halogens is 1. The topological polar surface area (TPSA) is 59.3 Å². The van der Waals surface area contributed by atoms with Crippen LogP contribution in [0.15, 0.2) is 18.2 Å². The molecular weight excluding hydrogens is 314 g/mol. The van der Waals surface area contributed by atoms with E-state index in [1.165, 1.54) is 0 Å². The van der Waals surface area contributed by atoms with Crippen molar-refractivity contribution in [1.29, 1.82) is 0 Å². The van der Waals surface area contributed by atoms with Gasteiger partial charge >= 0.3 is 0 Å². The van der Waals surface area contributed by atoms with Gasteiger partial charge in [0.25, 0.3) is 0 Å². The summed E-state index contributed by atoms with van der Waals surface area (Å²) in [5.74, 6) is 0.800. The van der Waals surface area contributed by atoms with Crippen LogP contribution in [-0.2, 0) is 13.1 Å². The zero-order chi connectivity index (χ0) is 16.8. The molecule has 2 rings (SSSR count). The molecule has 0 aliphatic rings. The molecule has 0 atom stereocenters. The van der Waals surface area contributed by atoms with Crippen molar-refractivity contribution in [1.82, 2.24) is 9.78 Å². The first-order valence-electron chi connectivity index (χ1n) is 7.86. The van der Waals surface area contributed by atoms with Crippen LogP contribution in [0, 0.1) is 13.8 Å². The Morgan fingerprint density at radius 3 is 2.83 bits per heavy atom. The summed E-state index contributed by atoms with van der Waals surface area (Å²) >= 11 is 6.10. The lowest BCUT2D eigenvalue weighted by atomic mass is 10.2. The molecule has 0 fully saturated rings. The smallest absolute Gasteiger partial charge is 0.142 e. The number of nitrogens with one attached hydrogen (secondary N) is 1. The average Bonchev–Trinajstić information content (AvgIpc) is 2.79. The summed E-state index contributed by atoms with van der Waals surface area (Å²) in [6.45, 7) is 7.95. The number of aliphatic hydroxyl groups is 1. The van der Waals surface area contributed by atoms with Crippen molar-refractivity contribution < 1.29 is 9.84 Å². The van der Waals surface area contributed by atoms with Gasteiger partial charge in [-0.05, 0) is 38.5 Å². The van der Waals surface area contributed by atoms with E-state index in [-0.39, 0.29) is 6.61 Å². The summed E-state index contributed by atoms with van der Waals surface area (Å²) in [5, 5.41) is 17.6. The van der Waals surface area contributed by atoms with Gasteiger partial charge in [-0.3, -0.25) is 4.68 Å². The van der Waals surface area contributed by atoms with Gasteiger partial charge in [-0.2, -0.15) is 5.10 Å². The molecule has 0 unspecified atom stereocenters. The second-order valence-corrected chi connectivity index (χ2v) is 5.88. The Hall–Kier alpha value is -1.72. The molecule has 23 heavy (non-hydrogen) atoms. The fraction of sp³-hybridized carbons (Fsp3) is 0.471. The van der Waals surface area contributed by atoms with E-state index in [0.717, 1.165) is 34.8 Å². The quantitative estimate of drug-likeness (QED) is 0.773. The first-order valence-corrected chi connectivity index (χ1v) is 8.24. The highest BCUT2D eigenvalue weighted by Gasteiger charge is 2.12. The monoisotopic (exact) mass is 337 g/mol. The number of aryl methyl sites for hydroxylation is 1. The van der Waals surface area contributed by atoms with Crippen LogP contribution in [0.1, 0.15) is 30.3 Å². The van der Waals surface area contributed by atoms with Gasteiger partial charge in [-0.25, -0.2) is 0 Å². The average molecular weight is 338 g/mol. The molecule has 1 heterocycles. The van der Waals surface area contributed by atoms with Crippen LogP contribution in [0.3, 0.4) is 0 Å². The Bertz CT molecular complexity index is 656. The number of aliphatic hydroxyl groups excluding tert-OH is 1. The van der Waals surface area contributed by atoms with Crippen LogP contribution in [-0.4, -0.2) is 28.1 Å². The molecule has 0 spiro atoms. The van der Waals surface area contributed by atoms with E-state index in [1.807, 2.05) is 36.7 Å². The predicted octanol–water partition coefficient (Wildman–Crippen LogP) is 3.55. The minimum absolute atomic E-state index is 0.0815. The number of ether oxygens (including phenoxy) is 1. The standard InChI is InChI=1S/C17H24ClN3O2/c1-4-9-23-17-6-5-14(18)10-16(17)19-11-15-12(2)20-21(7-8-22)13(15)3/h5-6,10,19,22H,4,7-9,11H2,1-3H3. The Kier molecular flexibility index (Phi) is 6.30. The molecule has 1 aromatic carbocycles. The first-order chi connectivity index (χ1) is 11.1. The Balaban J connectivity index is 2.16. The summed E-state index contributed by atoms with van der Waals surface area (Å²) in [6, 6.07) is 5.58. The van der Waals surface area contributed by atoms with Crippen molar-refractivity contribution in [3.05, 3.63) is 40.2 Å². The van der Waals surface area contributed by atoms with Crippen LogP contribution < -0.4 is 10.1 Å². The second kappa shape index (κ2) is 8.22. The molecule has 0 aliphatic heterocycles. The number of hydrogen-bond donors (Lipinski definition) is 2. The molecule has 0 bridgehead atoms. The molecule has 1 aromatic heterocycles. The number of rotatable bonds is 8. The number of nitrogens with zero attached hydrogens (tertiary/aromatic N) is 2. The number of anilines is 1. The number of hydrogen-bond acceptors (Lipinski definition) is 4. The van der Waals surface area contributed by atoms with E-state index in [9.17, 15) is 0 Å². The maximum Gasteiger partial charge on any atom is 0.142 e. The van der Waals surface area contributed by atoms with Crippen molar-refractivity contribution >= 4 is 17.3 Å². The molecule has 0 saturated carbocycles. The highest BCUT2D eigenvalue weighted by atomic mass is 35.5. The SMILES string of the molecule is CCCOc1ccc(Cl)cc1NCc1c(C)nn(CCO)c1C. The van der Waals surface area contributed by atoms with E-state index in [0.29, 0.717) is 24.7 Å². The first kappa shape index (κ1) is 17.6. The van der Waals surface area contributed by atoms with Crippen LogP contribution in [0.2, 0.25) is 5.02 Å². The fourth-order valence-corrected chi connectivity index (χ4v) is 2.64. The van der Waals surface area contributed by atoms with Crippen molar-refractivity contribution in [2.24, 2.45) is 0 Å². The maximum atomic E-state index is 9.09. The van der Waals surface area contributed by atoms with Crippen molar-refractivity contribution in [2.75, 3.05) is 18.5 Å². The van der Waals surface area contributed by atoms with Crippen molar-refractivity contribution in [2.45, 2.75) is 40.3 Å². The van der Waals surface area contributed by atoms with Gasteiger partial charge < -0.3 is 15.2 Å². The Morgan fingerprint density at radius 2 is 2.13 bits per heavy atom. The van der Waals surface area contributed by atoms with Gasteiger partial charge in [0.2, 0.25) is 0 Å². The van der Waals surface area contributed by atoms with Gasteiger partial charge in [-0.15, -0.1) is 0 Å². The summed E-state index contributed by atoms with van der Waals surface area (Å²) in [7, 11) is 0. The van der Waals surface area contributed by atoms with E-state index < -0.39 is 0 Å². The zero-order valence-electron chi connectivity index (χ0n) is 13.9. The van der Waals surface area contributed by atoms with Crippen LogP contribution in [0.5, 0.6) is 5.75 Å². The van der Waals surface area contributed by atoms with Gasteiger partial charge in [-0.1, -0.05) is 18.5 Å². The summed E-state index contributed by atoms with van der Waals surface area (Å²) in [4.78, 5) is 0. The van der Waals surface area contributed by atoms with Crippen LogP contribution in [0.25, 0.3) is 0 Å². The lowest BCUT2D eigenvalue weighted by molar-refractivity contribution is 0.268. The summed E-state index contributed by atoms with van der Waals surface area (Å²) < 4.78 is 7.59. The van der Waals surface area contributed by atoms with Gasteiger partial charge in [0, 0.05) is 22.8 Å². The number of benzene rings is 1. The Morgan fingerprint density at radius 1 is 1.35 bits per heavy atom. The summed E-state index contributed by atoms with van der Waals surface area (Å²) in [6.07, 6.45) is 0.953. The van der Waals surface area contributed by atoms with Crippen molar-refractivity contribution in [3.8, 4) is 5.75 Å². The zero-order valence-corrected chi connectivity index (χ0v) is 14.7. The number of aromatic nitrogens is 2. The van der Waals surface area contributed by atoms with Gasteiger partial charge in [0.05, 0.1) is 31.1 Å². The van der Waals surface area contributed by atoms with E-state index in [4.69, 9.17) is 21.4 Å². The third-order valence-electron chi connectivity index (χ3n) is 3.70. The Labute approximate surface area is 142 Å². The highest BCUT2D eigenvalue weighted by molar-refractivity contribution is 6.30. The molecule has 0 saturated heterocycles. The van der Waals surface area contributed by atoms with Gasteiger partial charge in [0.15, 0.2) is 0 Å². The fourth-order valence-electron chi connectivity index (χ4n) is 2.46. The molecule has 0 amide bonds. The molecular formula is C17H24ClN3O2. The maximum absolute atomic E-state index is 9.09. The molecule has 2 aromatic rings. The predicted molar refractivity (Wildman–Crippen MR) is 93.4 cm³/mol. The third-order valence-corrected chi connectivity index (χ3v) is 3.94. The molecule has 0 aliphatic carbocycles. The highest BCUT2D eigenvalue weighted by Crippen LogP contribution is 2.29. The molecule has 2 N–H and O–H groups in total. The van der Waals surface area contributed by atoms with E-state index >= 15 is 0 Å². The largest absolute Gasteiger partial charge is 0.491 e. The van der Waals surface area contributed by atoms with Crippen LogP contribution >= 0.6 is 11.6 Å². The summed E-state index contributed by atoms with van der Waals surface area (Å²) in [5.41, 5.74) is 4.02. The normalized spacial score (nSPS) is 10.8. The molecule has 126 valence electrons. The van der Waals surface area contributed by atoms with Crippen molar-refractivity contribution in [3.63, 3.8) is 0 Å². The minimum Gasteiger partial charge on any atom is -0.491 e. The third kappa shape index (κ3) is 4.39. The molecule has 6 heteroatoms. The van der Waals surface area contributed by atoms with E-state index in [1.54, 1.807) is 0 Å². The molecule has 5 nitrogen and oxygen atoms in total.